The van der Waals surface area contributed by atoms with Gasteiger partial charge in [0.15, 0.2) is 0 Å². The Hall–Kier alpha value is -1.62. The first kappa shape index (κ1) is 12.8. The first-order chi connectivity index (χ1) is 8.67. The van der Waals surface area contributed by atoms with Crippen molar-refractivity contribution in [2.24, 2.45) is 5.92 Å². The Kier molecular flexibility index (Phi) is 3.81. The van der Waals surface area contributed by atoms with Crippen LogP contribution in [0, 0.1) is 5.92 Å². The minimum Gasteiger partial charge on any atom is -0.483 e. The predicted octanol–water partition coefficient (Wildman–Crippen LogP) is 2.44. The van der Waals surface area contributed by atoms with E-state index in [4.69, 9.17) is 21.5 Å². The number of rotatable bonds is 0. The lowest BCUT2D eigenvalue weighted by Crippen LogP contribution is -2.10. The van der Waals surface area contributed by atoms with E-state index in [1.54, 1.807) is 0 Å². The molecule has 3 rings (SSSR count). The standard InChI is InChI=1S/C11H12ClN3.CH2O2/c1-6-2-3-8-7(4-6)9-10(12)13-5-14-11(9)15-8;2-1-3/h5-6H,2-4H2,1H3,(H,13,14,15);1H,(H,2,3). The number of halogens is 1. The summed E-state index contributed by atoms with van der Waals surface area (Å²) in [5.74, 6) is 0.729. The minimum atomic E-state index is -0.250. The highest BCUT2D eigenvalue weighted by atomic mass is 35.5. The molecule has 2 heterocycles. The number of aromatic nitrogens is 3. The monoisotopic (exact) mass is 267 g/mol. The lowest BCUT2D eigenvalue weighted by molar-refractivity contribution is -0.122. The lowest BCUT2D eigenvalue weighted by atomic mass is 9.88. The summed E-state index contributed by atoms with van der Waals surface area (Å²) in [6.07, 6.45) is 4.94. The summed E-state index contributed by atoms with van der Waals surface area (Å²) in [6.45, 7) is 2.03. The Bertz CT molecular complexity index is 568. The molecular weight excluding hydrogens is 254 g/mol. The van der Waals surface area contributed by atoms with Gasteiger partial charge in [0.25, 0.3) is 6.47 Å². The molecule has 18 heavy (non-hydrogen) atoms. The van der Waals surface area contributed by atoms with E-state index in [9.17, 15) is 0 Å². The van der Waals surface area contributed by atoms with Crippen LogP contribution in [0.1, 0.15) is 24.6 Å². The quantitative estimate of drug-likeness (QED) is 0.568. The fraction of sp³-hybridized carbons (Fsp3) is 0.417. The molecule has 0 spiro atoms. The summed E-state index contributed by atoms with van der Waals surface area (Å²) in [5.41, 5.74) is 3.51. The molecule has 6 heteroatoms. The van der Waals surface area contributed by atoms with E-state index in [1.807, 2.05) is 0 Å². The van der Waals surface area contributed by atoms with Gasteiger partial charge in [0, 0.05) is 5.69 Å². The molecule has 0 saturated heterocycles. The van der Waals surface area contributed by atoms with Crippen molar-refractivity contribution in [3.63, 3.8) is 0 Å². The second kappa shape index (κ2) is 5.35. The molecule has 0 amide bonds. The average molecular weight is 268 g/mol. The zero-order valence-electron chi connectivity index (χ0n) is 9.98. The van der Waals surface area contributed by atoms with Gasteiger partial charge in [0.05, 0.1) is 5.39 Å². The maximum absolute atomic E-state index is 8.36. The molecule has 0 aromatic carbocycles. The van der Waals surface area contributed by atoms with Crippen molar-refractivity contribution in [1.29, 1.82) is 0 Å². The van der Waals surface area contributed by atoms with Gasteiger partial charge in [0.1, 0.15) is 17.1 Å². The number of aromatic amines is 1. The van der Waals surface area contributed by atoms with Crippen molar-refractivity contribution in [1.82, 2.24) is 15.0 Å². The van der Waals surface area contributed by atoms with Crippen molar-refractivity contribution in [3.05, 3.63) is 22.7 Å². The highest BCUT2D eigenvalue weighted by molar-refractivity contribution is 6.34. The van der Waals surface area contributed by atoms with E-state index < -0.39 is 0 Å². The maximum Gasteiger partial charge on any atom is 0.290 e. The Morgan fingerprint density at radius 1 is 1.56 bits per heavy atom. The zero-order chi connectivity index (χ0) is 13.1. The zero-order valence-corrected chi connectivity index (χ0v) is 10.7. The number of fused-ring (bicyclic) bond motifs is 3. The van der Waals surface area contributed by atoms with Gasteiger partial charge in [-0.3, -0.25) is 4.79 Å². The predicted molar refractivity (Wildman–Crippen MR) is 68.8 cm³/mol. The van der Waals surface area contributed by atoms with Crippen LogP contribution in [0.4, 0.5) is 0 Å². The molecule has 1 aliphatic rings. The van der Waals surface area contributed by atoms with Crippen LogP contribution in [0.25, 0.3) is 11.0 Å². The molecule has 2 aromatic heterocycles. The summed E-state index contributed by atoms with van der Waals surface area (Å²) < 4.78 is 0. The fourth-order valence-corrected chi connectivity index (χ4v) is 2.62. The number of H-pyrrole nitrogens is 1. The highest BCUT2D eigenvalue weighted by Gasteiger charge is 2.21. The molecule has 0 fully saturated rings. The number of carboxylic acid groups (broad SMARTS) is 1. The summed E-state index contributed by atoms with van der Waals surface area (Å²) in [6, 6.07) is 0. The van der Waals surface area contributed by atoms with Gasteiger partial charge in [-0.1, -0.05) is 18.5 Å². The summed E-state index contributed by atoms with van der Waals surface area (Å²) >= 11 is 6.11. The van der Waals surface area contributed by atoms with Crippen LogP contribution in [0.5, 0.6) is 0 Å². The van der Waals surface area contributed by atoms with Crippen LogP contribution >= 0.6 is 11.6 Å². The second-order valence-electron chi connectivity index (χ2n) is 4.42. The molecule has 1 atom stereocenters. The third-order valence-corrected chi connectivity index (χ3v) is 3.46. The SMILES string of the molecule is CC1CCc2[nH]c3ncnc(Cl)c3c2C1.O=CO. The van der Waals surface area contributed by atoms with E-state index in [2.05, 4.69) is 21.9 Å². The maximum atomic E-state index is 8.36. The first-order valence-corrected chi connectivity index (χ1v) is 6.13. The highest BCUT2D eigenvalue weighted by Crippen LogP contribution is 2.33. The topological polar surface area (TPSA) is 78.9 Å². The molecule has 0 aliphatic heterocycles. The van der Waals surface area contributed by atoms with Crippen LogP contribution in [0.2, 0.25) is 5.15 Å². The number of nitrogens with one attached hydrogen (secondary N) is 1. The summed E-state index contributed by atoms with van der Waals surface area (Å²) in [4.78, 5) is 20.0. The van der Waals surface area contributed by atoms with Gasteiger partial charge in [-0.2, -0.15) is 0 Å². The number of aryl methyl sites for hydroxylation is 1. The minimum absolute atomic E-state index is 0.250. The number of carbonyl (C=O) groups is 1. The van der Waals surface area contributed by atoms with E-state index >= 15 is 0 Å². The van der Waals surface area contributed by atoms with E-state index in [0.717, 1.165) is 29.8 Å². The van der Waals surface area contributed by atoms with Gasteiger partial charge in [-0.05, 0) is 30.7 Å². The van der Waals surface area contributed by atoms with E-state index in [-0.39, 0.29) is 6.47 Å². The number of hydrogen-bond acceptors (Lipinski definition) is 3. The molecule has 0 saturated carbocycles. The van der Waals surface area contributed by atoms with Crippen molar-refractivity contribution < 1.29 is 9.90 Å². The Labute approximate surface area is 109 Å². The van der Waals surface area contributed by atoms with Crippen LogP contribution in [0.15, 0.2) is 6.33 Å². The molecule has 0 bridgehead atoms. The van der Waals surface area contributed by atoms with Crippen molar-refractivity contribution in [3.8, 4) is 0 Å². The normalized spacial score (nSPS) is 17.8. The van der Waals surface area contributed by atoms with E-state index in [0.29, 0.717) is 5.15 Å². The molecule has 0 radical (unpaired) electrons. The third kappa shape index (κ3) is 2.31. The molecule has 96 valence electrons. The smallest absolute Gasteiger partial charge is 0.290 e. The molecule has 5 nitrogen and oxygen atoms in total. The van der Waals surface area contributed by atoms with Crippen molar-refractivity contribution in [2.45, 2.75) is 26.2 Å². The van der Waals surface area contributed by atoms with Gasteiger partial charge in [-0.25, -0.2) is 9.97 Å². The van der Waals surface area contributed by atoms with Gasteiger partial charge < -0.3 is 10.1 Å². The van der Waals surface area contributed by atoms with Gasteiger partial charge in [-0.15, -0.1) is 0 Å². The largest absolute Gasteiger partial charge is 0.483 e. The van der Waals surface area contributed by atoms with Gasteiger partial charge in [0.2, 0.25) is 0 Å². The fourth-order valence-electron chi connectivity index (χ4n) is 2.38. The number of hydrogen-bond donors (Lipinski definition) is 2. The third-order valence-electron chi connectivity index (χ3n) is 3.18. The summed E-state index contributed by atoms with van der Waals surface area (Å²) in [7, 11) is 0. The molecule has 2 N–H and O–H groups in total. The Morgan fingerprint density at radius 2 is 2.28 bits per heavy atom. The number of nitrogens with zero attached hydrogens (tertiary/aromatic N) is 2. The molecular formula is C12H14ClN3O2. The van der Waals surface area contributed by atoms with Gasteiger partial charge >= 0.3 is 0 Å². The Balaban J connectivity index is 0.000000367. The molecule has 2 aromatic rings. The van der Waals surface area contributed by atoms with Crippen LogP contribution < -0.4 is 0 Å². The molecule has 1 unspecified atom stereocenters. The average Bonchev–Trinajstić information content (AvgIpc) is 2.69. The van der Waals surface area contributed by atoms with E-state index in [1.165, 1.54) is 24.0 Å². The first-order valence-electron chi connectivity index (χ1n) is 5.75. The van der Waals surface area contributed by atoms with Crippen molar-refractivity contribution >= 4 is 29.1 Å². The van der Waals surface area contributed by atoms with Crippen LogP contribution in [-0.2, 0) is 17.6 Å². The van der Waals surface area contributed by atoms with Crippen molar-refractivity contribution in [2.75, 3.05) is 0 Å². The summed E-state index contributed by atoms with van der Waals surface area (Å²) in [5, 5.41) is 8.49. The van der Waals surface area contributed by atoms with Crippen LogP contribution in [0.3, 0.4) is 0 Å². The van der Waals surface area contributed by atoms with Crippen LogP contribution in [-0.4, -0.2) is 26.5 Å². The Morgan fingerprint density at radius 3 is 3.00 bits per heavy atom. The lowest BCUT2D eigenvalue weighted by Gasteiger charge is -2.17. The second-order valence-corrected chi connectivity index (χ2v) is 4.78. The molecule has 1 aliphatic carbocycles.